The molecule has 7 heteroatoms. The third-order valence-corrected chi connectivity index (χ3v) is 7.64. The van der Waals surface area contributed by atoms with Crippen LogP contribution in [0.25, 0.3) is 11.0 Å². The van der Waals surface area contributed by atoms with E-state index in [1.807, 2.05) is 20.2 Å². The Morgan fingerprint density at radius 1 is 1.21 bits per heavy atom. The predicted octanol–water partition coefficient (Wildman–Crippen LogP) is 5.54. The van der Waals surface area contributed by atoms with Gasteiger partial charge in [0, 0.05) is 17.5 Å². The number of aryl methyl sites for hydroxylation is 2. The maximum atomic E-state index is 9.00. The molecule has 182 valence electrons. The molecule has 2 aromatic heterocycles. The first-order valence-corrected chi connectivity index (χ1v) is 13.3. The lowest BCUT2D eigenvalue weighted by Gasteiger charge is -2.31. The number of nitrogens with zero attached hydrogens (tertiary/aromatic N) is 3. The van der Waals surface area contributed by atoms with Gasteiger partial charge >= 0.3 is 0 Å². The van der Waals surface area contributed by atoms with Gasteiger partial charge in [-0.2, -0.15) is 5.26 Å². The molecule has 2 aliphatic rings. The first-order valence-electron chi connectivity index (χ1n) is 12.4. The van der Waals surface area contributed by atoms with Crippen molar-refractivity contribution in [2.24, 2.45) is 11.8 Å². The van der Waals surface area contributed by atoms with Gasteiger partial charge in [0.15, 0.2) is 5.58 Å². The molecule has 3 aromatic rings. The van der Waals surface area contributed by atoms with Crippen molar-refractivity contribution in [2.45, 2.75) is 52.0 Å². The second kappa shape index (κ2) is 11.8. The third kappa shape index (κ3) is 6.38. The van der Waals surface area contributed by atoms with E-state index < -0.39 is 0 Å². The number of aromatic nitrogens is 1. The minimum Gasteiger partial charge on any atom is -0.493 e. The molecule has 0 amide bonds. The van der Waals surface area contributed by atoms with Crippen LogP contribution >= 0.6 is 11.3 Å². The number of fused-ring (bicyclic) bond motifs is 1. The SMILES string of the molecule is CNC.Cc1c(OCC2CC2)ccc2c(CCC3CCN(Cc4csc(C#N)c4)CC3)noc12. The molecule has 5 rings (SSSR count). The van der Waals surface area contributed by atoms with Gasteiger partial charge in [0.05, 0.1) is 12.3 Å². The topological polar surface area (TPSA) is 74.3 Å². The summed E-state index contributed by atoms with van der Waals surface area (Å²) in [5, 5.41) is 19.4. The number of ether oxygens (including phenoxy) is 1. The van der Waals surface area contributed by atoms with Crippen molar-refractivity contribution in [1.82, 2.24) is 15.4 Å². The third-order valence-electron chi connectivity index (χ3n) is 6.75. The number of rotatable bonds is 8. The summed E-state index contributed by atoms with van der Waals surface area (Å²) in [6, 6.07) is 8.46. The van der Waals surface area contributed by atoms with Crippen molar-refractivity contribution < 1.29 is 9.26 Å². The summed E-state index contributed by atoms with van der Waals surface area (Å²) in [6.07, 6.45) is 7.17. The molecule has 1 aliphatic heterocycles. The van der Waals surface area contributed by atoms with Crippen LogP contribution in [0.5, 0.6) is 5.75 Å². The molecule has 0 unspecified atom stereocenters. The molecule has 0 radical (unpaired) electrons. The van der Waals surface area contributed by atoms with Crippen LogP contribution in [0.2, 0.25) is 0 Å². The average Bonchev–Trinajstić information content (AvgIpc) is 3.41. The Morgan fingerprint density at radius 3 is 2.65 bits per heavy atom. The lowest BCUT2D eigenvalue weighted by Crippen LogP contribution is -2.33. The van der Waals surface area contributed by atoms with Crippen molar-refractivity contribution in [1.29, 1.82) is 5.26 Å². The summed E-state index contributed by atoms with van der Waals surface area (Å²) in [4.78, 5) is 3.32. The quantitative estimate of drug-likeness (QED) is 0.456. The highest BCUT2D eigenvalue weighted by molar-refractivity contribution is 7.10. The Hall–Kier alpha value is -2.40. The molecule has 1 aromatic carbocycles. The molecule has 6 nitrogen and oxygen atoms in total. The van der Waals surface area contributed by atoms with Crippen LogP contribution < -0.4 is 10.1 Å². The number of thiophene rings is 1. The maximum Gasteiger partial charge on any atom is 0.173 e. The van der Waals surface area contributed by atoms with Gasteiger partial charge in [-0.1, -0.05) is 5.16 Å². The van der Waals surface area contributed by atoms with Gasteiger partial charge in [-0.3, -0.25) is 4.90 Å². The molecule has 1 saturated carbocycles. The van der Waals surface area contributed by atoms with Gasteiger partial charge < -0.3 is 14.6 Å². The first kappa shape index (κ1) is 24.7. The standard InChI is InChI=1S/C25H29N3O2S.C2H7N/c1-17-24(29-15-19-2-3-19)7-5-22-23(27-30-25(17)22)6-4-18-8-10-28(11-9-18)14-20-12-21(13-26)31-16-20;1-3-2/h5,7,12,16,18-19H,2-4,6,8-11,14-15H2,1H3;3H,1-2H3. The molecule has 0 bridgehead atoms. The van der Waals surface area contributed by atoms with Crippen molar-refractivity contribution in [3.63, 3.8) is 0 Å². The fourth-order valence-corrected chi connectivity index (χ4v) is 5.24. The maximum absolute atomic E-state index is 9.00. The van der Waals surface area contributed by atoms with Crippen LogP contribution in [0, 0.1) is 30.1 Å². The van der Waals surface area contributed by atoms with E-state index in [1.54, 1.807) is 11.3 Å². The summed E-state index contributed by atoms with van der Waals surface area (Å²) in [5.74, 6) is 2.41. The fraction of sp³-hybridized carbons (Fsp3) is 0.556. The number of nitriles is 1. The van der Waals surface area contributed by atoms with E-state index >= 15 is 0 Å². The average molecular weight is 481 g/mol. The number of piperidine rings is 1. The van der Waals surface area contributed by atoms with E-state index in [2.05, 4.69) is 45.9 Å². The molecule has 1 N–H and O–H groups in total. The Bertz CT molecular complexity index is 1100. The summed E-state index contributed by atoms with van der Waals surface area (Å²) in [5.41, 5.74) is 4.30. The van der Waals surface area contributed by atoms with E-state index in [1.165, 1.54) is 31.2 Å². The highest BCUT2D eigenvalue weighted by atomic mass is 32.1. The van der Waals surface area contributed by atoms with E-state index in [0.717, 1.165) is 83.8 Å². The van der Waals surface area contributed by atoms with Crippen LogP contribution in [-0.4, -0.2) is 43.8 Å². The van der Waals surface area contributed by atoms with E-state index in [9.17, 15) is 0 Å². The molecular weight excluding hydrogens is 444 g/mol. The minimum absolute atomic E-state index is 0.738. The van der Waals surface area contributed by atoms with Gasteiger partial charge in [-0.15, -0.1) is 11.3 Å². The van der Waals surface area contributed by atoms with E-state index in [-0.39, 0.29) is 0 Å². The largest absolute Gasteiger partial charge is 0.493 e. The highest BCUT2D eigenvalue weighted by Gasteiger charge is 2.23. The van der Waals surface area contributed by atoms with Crippen LogP contribution in [0.1, 0.15) is 53.8 Å². The molecule has 3 heterocycles. The smallest absolute Gasteiger partial charge is 0.173 e. The molecular formula is C27H36N4O2S. The van der Waals surface area contributed by atoms with E-state index in [4.69, 9.17) is 14.5 Å². The monoisotopic (exact) mass is 480 g/mol. The summed E-state index contributed by atoms with van der Waals surface area (Å²) >= 11 is 1.54. The Kier molecular flexibility index (Phi) is 8.60. The van der Waals surface area contributed by atoms with Crippen molar-refractivity contribution in [2.75, 3.05) is 33.8 Å². The van der Waals surface area contributed by atoms with Gasteiger partial charge in [0.1, 0.15) is 16.7 Å². The predicted molar refractivity (Wildman–Crippen MR) is 137 cm³/mol. The van der Waals surface area contributed by atoms with Crippen molar-refractivity contribution in [3.8, 4) is 11.8 Å². The zero-order valence-electron chi connectivity index (χ0n) is 20.6. The zero-order valence-corrected chi connectivity index (χ0v) is 21.4. The molecule has 34 heavy (non-hydrogen) atoms. The van der Waals surface area contributed by atoms with Crippen molar-refractivity contribution >= 4 is 22.3 Å². The van der Waals surface area contributed by atoms with Gasteiger partial charge in [-0.05, 0) is 114 Å². The first-order chi connectivity index (χ1) is 16.6. The lowest BCUT2D eigenvalue weighted by molar-refractivity contribution is 0.172. The van der Waals surface area contributed by atoms with E-state index in [0.29, 0.717) is 0 Å². The van der Waals surface area contributed by atoms with Crippen LogP contribution in [0.3, 0.4) is 0 Å². The summed E-state index contributed by atoms with van der Waals surface area (Å²) in [7, 11) is 3.75. The zero-order chi connectivity index (χ0) is 23.9. The Morgan fingerprint density at radius 2 is 1.97 bits per heavy atom. The minimum atomic E-state index is 0.738. The summed E-state index contributed by atoms with van der Waals surface area (Å²) < 4.78 is 11.7. The second-order valence-corrected chi connectivity index (χ2v) is 10.5. The molecule has 2 fully saturated rings. The Labute approximate surface area is 206 Å². The van der Waals surface area contributed by atoms with Gasteiger partial charge in [-0.25, -0.2) is 0 Å². The summed E-state index contributed by atoms with van der Waals surface area (Å²) in [6.45, 7) is 6.11. The normalized spacial score (nSPS) is 16.8. The van der Waals surface area contributed by atoms with Gasteiger partial charge in [0.2, 0.25) is 0 Å². The molecule has 1 saturated heterocycles. The highest BCUT2D eigenvalue weighted by Crippen LogP contribution is 2.34. The number of likely N-dealkylation sites (tertiary alicyclic amines) is 1. The van der Waals surface area contributed by atoms with Crippen LogP contribution in [0.4, 0.5) is 0 Å². The Balaban J connectivity index is 0.000000868. The number of hydrogen-bond acceptors (Lipinski definition) is 7. The van der Waals surface area contributed by atoms with Gasteiger partial charge in [0.25, 0.3) is 0 Å². The molecule has 0 atom stereocenters. The lowest BCUT2D eigenvalue weighted by atomic mass is 9.91. The van der Waals surface area contributed by atoms with Crippen LogP contribution in [0.15, 0.2) is 28.1 Å². The molecule has 1 aliphatic carbocycles. The fourth-order valence-electron chi connectivity index (χ4n) is 4.55. The number of nitrogens with one attached hydrogen (secondary N) is 1. The number of hydrogen-bond donors (Lipinski definition) is 1. The van der Waals surface area contributed by atoms with Crippen molar-refractivity contribution in [3.05, 3.63) is 45.3 Å². The second-order valence-electron chi connectivity index (χ2n) is 9.64. The number of benzene rings is 1. The van der Waals surface area contributed by atoms with Crippen LogP contribution in [-0.2, 0) is 13.0 Å². The molecule has 0 spiro atoms.